The van der Waals surface area contributed by atoms with Crippen molar-refractivity contribution in [2.45, 2.75) is 31.3 Å². The highest BCUT2D eigenvalue weighted by atomic mass is 16.5. The number of fused-ring (bicyclic) bond motifs is 2. The molecule has 0 aromatic carbocycles. The van der Waals surface area contributed by atoms with Gasteiger partial charge in [-0.15, -0.1) is 0 Å². The van der Waals surface area contributed by atoms with E-state index in [2.05, 4.69) is 18.9 Å². The summed E-state index contributed by atoms with van der Waals surface area (Å²) in [5.74, 6) is 0. The van der Waals surface area contributed by atoms with Crippen LogP contribution >= 0.6 is 0 Å². The first-order valence-corrected chi connectivity index (χ1v) is 4.03. The summed E-state index contributed by atoms with van der Waals surface area (Å²) in [6.07, 6.45) is 2.64. The summed E-state index contributed by atoms with van der Waals surface area (Å²) < 4.78 is 5.49. The van der Waals surface area contributed by atoms with Crippen molar-refractivity contribution in [2.75, 3.05) is 20.3 Å². The third-order valence-electron chi connectivity index (χ3n) is 3.14. The fourth-order valence-electron chi connectivity index (χ4n) is 2.07. The molecule has 2 rings (SSSR count). The van der Waals surface area contributed by atoms with Gasteiger partial charge in [0.05, 0.1) is 13.2 Å². The quantitative estimate of drug-likeness (QED) is 0.496. The van der Waals surface area contributed by atoms with Crippen LogP contribution in [0.2, 0.25) is 0 Å². The Hall–Kier alpha value is -0.0800. The van der Waals surface area contributed by atoms with Gasteiger partial charge in [-0.05, 0) is 26.8 Å². The van der Waals surface area contributed by atoms with Gasteiger partial charge in [-0.3, -0.25) is 4.90 Å². The molecule has 2 aliphatic rings. The monoisotopic (exact) mass is 141 g/mol. The largest absolute Gasteiger partial charge is 0.378 e. The van der Waals surface area contributed by atoms with Gasteiger partial charge in [0.25, 0.3) is 0 Å². The molecule has 0 spiro atoms. The lowest BCUT2D eigenvalue weighted by molar-refractivity contribution is -0.0459. The lowest BCUT2D eigenvalue weighted by atomic mass is 10.0. The van der Waals surface area contributed by atoms with E-state index in [4.69, 9.17) is 4.74 Å². The Labute approximate surface area is 62.2 Å². The van der Waals surface area contributed by atoms with E-state index in [9.17, 15) is 0 Å². The molecule has 2 nitrogen and oxygen atoms in total. The Kier molecular flexibility index (Phi) is 1.29. The fraction of sp³-hybridized carbons (Fsp3) is 1.00. The first-order chi connectivity index (χ1) is 4.72. The Bertz CT molecular complexity index is 144. The summed E-state index contributed by atoms with van der Waals surface area (Å²) in [7, 11) is 2.22. The van der Waals surface area contributed by atoms with Crippen LogP contribution in [0, 0.1) is 0 Å². The number of hydrogen-bond acceptors (Lipinski definition) is 2. The Balaban J connectivity index is 2.21. The molecule has 2 aliphatic heterocycles. The van der Waals surface area contributed by atoms with Gasteiger partial charge in [-0.1, -0.05) is 0 Å². The molecule has 0 radical (unpaired) electrons. The average molecular weight is 141 g/mol. The van der Waals surface area contributed by atoms with Crippen molar-refractivity contribution in [3.8, 4) is 0 Å². The molecule has 2 heteroatoms. The third-order valence-corrected chi connectivity index (χ3v) is 3.14. The predicted octanol–water partition coefficient (Wildman–Crippen LogP) is 0.869. The number of likely N-dealkylation sites (N-methyl/N-ethyl adjacent to an activating group) is 1. The molecule has 2 unspecified atom stereocenters. The Morgan fingerprint density at radius 1 is 1.60 bits per heavy atom. The van der Waals surface area contributed by atoms with Crippen molar-refractivity contribution in [3.63, 3.8) is 0 Å². The second-order valence-corrected chi connectivity index (χ2v) is 3.82. The minimum Gasteiger partial charge on any atom is -0.378 e. The fourth-order valence-corrected chi connectivity index (χ4v) is 2.07. The third kappa shape index (κ3) is 0.722. The highest BCUT2D eigenvalue weighted by Gasteiger charge is 2.43. The summed E-state index contributed by atoms with van der Waals surface area (Å²) >= 11 is 0. The van der Waals surface area contributed by atoms with E-state index in [-0.39, 0.29) is 0 Å². The summed E-state index contributed by atoms with van der Waals surface area (Å²) in [4.78, 5) is 2.48. The lowest BCUT2D eigenvalue weighted by Gasteiger charge is -2.39. The van der Waals surface area contributed by atoms with E-state index in [1.165, 1.54) is 12.8 Å². The second-order valence-electron chi connectivity index (χ2n) is 3.82. The highest BCUT2D eigenvalue weighted by Crippen LogP contribution is 2.35. The minimum atomic E-state index is 0.364. The summed E-state index contributed by atoms with van der Waals surface area (Å²) in [6.45, 7) is 4.18. The molecule has 0 saturated carbocycles. The van der Waals surface area contributed by atoms with Crippen LogP contribution in [0.3, 0.4) is 0 Å². The zero-order valence-corrected chi connectivity index (χ0v) is 6.76. The number of morpholine rings is 1. The van der Waals surface area contributed by atoms with Gasteiger partial charge in [-0.2, -0.15) is 0 Å². The molecule has 0 aromatic heterocycles. The predicted molar refractivity (Wildman–Crippen MR) is 40.0 cm³/mol. The van der Waals surface area contributed by atoms with Crippen molar-refractivity contribution >= 4 is 0 Å². The van der Waals surface area contributed by atoms with E-state index in [0.717, 1.165) is 13.2 Å². The summed E-state index contributed by atoms with van der Waals surface area (Å²) in [6, 6.07) is 0.707. The lowest BCUT2D eigenvalue weighted by Crippen LogP contribution is -2.51. The SMILES string of the molecule is CN1C2CCC1(C)COC2. The molecular weight excluding hydrogens is 126 g/mol. The topological polar surface area (TPSA) is 12.5 Å². The van der Waals surface area contributed by atoms with Crippen LogP contribution in [0.4, 0.5) is 0 Å². The van der Waals surface area contributed by atoms with Crippen LogP contribution in [0.1, 0.15) is 19.8 Å². The molecule has 0 amide bonds. The zero-order chi connectivity index (χ0) is 7.19. The van der Waals surface area contributed by atoms with Crippen molar-refractivity contribution in [1.82, 2.24) is 4.90 Å². The van der Waals surface area contributed by atoms with E-state index in [0.29, 0.717) is 11.6 Å². The molecule has 2 bridgehead atoms. The van der Waals surface area contributed by atoms with E-state index in [1.54, 1.807) is 0 Å². The first-order valence-electron chi connectivity index (χ1n) is 4.03. The number of rotatable bonds is 0. The number of hydrogen-bond donors (Lipinski definition) is 0. The van der Waals surface area contributed by atoms with Crippen LogP contribution in [0.5, 0.6) is 0 Å². The Morgan fingerprint density at radius 3 is 3.00 bits per heavy atom. The molecule has 2 fully saturated rings. The summed E-state index contributed by atoms with van der Waals surface area (Å²) in [5, 5.41) is 0. The van der Waals surface area contributed by atoms with Crippen LogP contribution in [-0.2, 0) is 4.74 Å². The van der Waals surface area contributed by atoms with Gasteiger partial charge in [0.1, 0.15) is 0 Å². The van der Waals surface area contributed by atoms with Crippen molar-refractivity contribution in [2.24, 2.45) is 0 Å². The van der Waals surface area contributed by atoms with E-state index < -0.39 is 0 Å². The first kappa shape index (κ1) is 6.62. The molecule has 2 atom stereocenters. The van der Waals surface area contributed by atoms with Gasteiger partial charge < -0.3 is 4.74 Å². The maximum atomic E-state index is 5.49. The normalized spacial score (nSPS) is 48.0. The van der Waals surface area contributed by atoms with Gasteiger partial charge in [0.2, 0.25) is 0 Å². The molecule has 10 heavy (non-hydrogen) atoms. The molecule has 58 valence electrons. The van der Waals surface area contributed by atoms with Gasteiger partial charge >= 0.3 is 0 Å². The van der Waals surface area contributed by atoms with Crippen molar-refractivity contribution in [3.05, 3.63) is 0 Å². The van der Waals surface area contributed by atoms with Crippen molar-refractivity contribution < 1.29 is 4.74 Å². The maximum Gasteiger partial charge on any atom is 0.0648 e. The van der Waals surface area contributed by atoms with Crippen molar-refractivity contribution in [1.29, 1.82) is 0 Å². The smallest absolute Gasteiger partial charge is 0.0648 e. The standard InChI is InChI=1S/C8H15NO/c1-8-4-3-7(9(8)2)5-10-6-8/h7H,3-6H2,1-2H3. The van der Waals surface area contributed by atoms with Crippen LogP contribution in [-0.4, -0.2) is 36.7 Å². The van der Waals surface area contributed by atoms with E-state index in [1.807, 2.05) is 0 Å². The molecular formula is C8H15NO. The highest BCUT2D eigenvalue weighted by molar-refractivity contribution is 4.98. The molecule has 0 aromatic rings. The van der Waals surface area contributed by atoms with E-state index >= 15 is 0 Å². The van der Waals surface area contributed by atoms with Crippen LogP contribution < -0.4 is 0 Å². The van der Waals surface area contributed by atoms with Crippen LogP contribution in [0.15, 0.2) is 0 Å². The van der Waals surface area contributed by atoms with Gasteiger partial charge in [0.15, 0.2) is 0 Å². The maximum absolute atomic E-state index is 5.49. The molecule has 0 aliphatic carbocycles. The Morgan fingerprint density at radius 2 is 2.40 bits per heavy atom. The van der Waals surface area contributed by atoms with Crippen LogP contribution in [0.25, 0.3) is 0 Å². The molecule has 2 heterocycles. The number of ether oxygens (including phenoxy) is 1. The average Bonchev–Trinajstić information content (AvgIpc) is 2.18. The summed E-state index contributed by atoms with van der Waals surface area (Å²) in [5.41, 5.74) is 0.364. The second kappa shape index (κ2) is 1.95. The molecule has 2 saturated heterocycles. The van der Waals surface area contributed by atoms with Gasteiger partial charge in [-0.25, -0.2) is 0 Å². The number of nitrogens with zero attached hydrogens (tertiary/aromatic N) is 1. The molecule has 0 N–H and O–H groups in total. The minimum absolute atomic E-state index is 0.364. The van der Waals surface area contributed by atoms with Gasteiger partial charge in [0, 0.05) is 11.6 Å². The zero-order valence-electron chi connectivity index (χ0n) is 6.76.